The Hall–Kier alpha value is -2.46. The summed E-state index contributed by atoms with van der Waals surface area (Å²) in [6.45, 7) is 12.6. The zero-order valence-electron chi connectivity index (χ0n) is 22.9. The summed E-state index contributed by atoms with van der Waals surface area (Å²) in [6, 6.07) is 6.63. The first kappa shape index (κ1) is 28.5. The molecule has 1 saturated heterocycles. The summed E-state index contributed by atoms with van der Waals surface area (Å²) in [4.78, 5) is 26.8. The van der Waals surface area contributed by atoms with E-state index >= 15 is 0 Å². The number of hydrogen-bond donors (Lipinski definition) is 5. The molecular formula is C29H41NO8. The van der Waals surface area contributed by atoms with Crippen LogP contribution in [0.25, 0.3) is 0 Å². The fourth-order valence-corrected chi connectivity index (χ4v) is 7.54. The molecule has 0 bridgehead atoms. The van der Waals surface area contributed by atoms with E-state index in [1.54, 1.807) is 38.1 Å². The van der Waals surface area contributed by atoms with Crippen molar-refractivity contribution in [3.63, 3.8) is 0 Å². The van der Waals surface area contributed by atoms with Gasteiger partial charge in [-0.15, -0.1) is 6.58 Å². The van der Waals surface area contributed by atoms with Gasteiger partial charge < -0.3 is 35.2 Å². The number of Topliss-reactive ketones (excluding diaryl/α,β-unsaturated/α-hetero) is 1. The number of phenolic OH excluding ortho intramolecular Hbond substituents is 1. The molecule has 0 radical (unpaired) electrons. The minimum absolute atomic E-state index is 0.150. The number of ether oxygens (including phenoxy) is 2. The van der Waals surface area contributed by atoms with Crippen molar-refractivity contribution in [2.75, 3.05) is 6.54 Å². The van der Waals surface area contributed by atoms with Gasteiger partial charge in [0.05, 0.1) is 11.7 Å². The molecule has 2 saturated carbocycles. The number of fused-ring (bicyclic) bond motifs is 3. The predicted octanol–water partition coefficient (Wildman–Crippen LogP) is 2.63. The predicted molar refractivity (Wildman–Crippen MR) is 139 cm³/mol. The lowest BCUT2D eigenvalue weighted by molar-refractivity contribution is -0.369. The van der Waals surface area contributed by atoms with E-state index in [9.17, 15) is 30.0 Å². The number of amides is 1. The maximum Gasteiger partial charge on any atom is 0.407 e. The van der Waals surface area contributed by atoms with E-state index in [0.29, 0.717) is 19.3 Å². The van der Waals surface area contributed by atoms with Gasteiger partial charge in [0.25, 0.3) is 0 Å². The smallest absolute Gasteiger partial charge is 0.407 e. The highest BCUT2D eigenvalue weighted by molar-refractivity contribution is 5.92. The largest absolute Gasteiger partial charge is 0.508 e. The number of aliphatic hydroxyl groups excluding tert-OH is 2. The number of carbonyl (C=O) groups excluding carboxylic acids is 2. The van der Waals surface area contributed by atoms with Crippen LogP contribution in [0.5, 0.6) is 5.75 Å². The summed E-state index contributed by atoms with van der Waals surface area (Å²) in [6.07, 6.45) is -2.01. The summed E-state index contributed by atoms with van der Waals surface area (Å²) < 4.78 is 12.2. The number of ketones is 1. The highest BCUT2D eigenvalue weighted by Gasteiger charge is 2.81. The van der Waals surface area contributed by atoms with E-state index in [-0.39, 0.29) is 18.7 Å². The molecule has 1 amide bonds. The molecule has 5 N–H and O–H groups in total. The Morgan fingerprint density at radius 3 is 2.42 bits per heavy atom. The average molecular weight is 532 g/mol. The molecule has 1 aromatic rings. The second-order valence-electron chi connectivity index (χ2n) is 12.5. The first-order chi connectivity index (χ1) is 17.6. The number of alkyl carbamates (subject to hydrolysis) is 1. The van der Waals surface area contributed by atoms with Gasteiger partial charge in [-0.2, -0.15) is 0 Å². The van der Waals surface area contributed by atoms with E-state index in [4.69, 9.17) is 9.47 Å². The molecule has 1 aromatic carbocycles. The Labute approximate surface area is 223 Å². The maximum absolute atomic E-state index is 13.8. The van der Waals surface area contributed by atoms with Crippen LogP contribution in [-0.2, 0) is 20.7 Å². The van der Waals surface area contributed by atoms with Gasteiger partial charge in [0.15, 0.2) is 11.4 Å². The van der Waals surface area contributed by atoms with E-state index < -0.39 is 63.7 Å². The number of nitrogens with one attached hydrogen (secondary N) is 1. The highest BCUT2D eigenvalue weighted by Crippen LogP contribution is 2.67. The van der Waals surface area contributed by atoms with Crippen LogP contribution in [0.15, 0.2) is 36.9 Å². The van der Waals surface area contributed by atoms with E-state index in [1.807, 2.05) is 13.8 Å². The number of rotatable bonds is 5. The maximum atomic E-state index is 13.8. The standard InChI is InChI=1S/C29H41NO8/c1-7-26(4)16-20(33)29(36)27(5)19(32)12-14-25(2,3)22(27)21(23(34)28(29,6)38-26)37-24(35)30-15-13-17-8-10-18(31)11-9-17/h7-11,19,21-23,31-32,34,36H,1,12-16H2,2-6H3,(H,30,35)/t19-,21-,22-,23-,26-,27-,28+,29-/m0/s1. The van der Waals surface area contributed by atoms with Gasteiger partial charge in [0, 0.05) is 24.3 Å². The average Bonchev–Trinajstić information content (AvgIpc) is 2.84. The quantitative estimate of drug-likeness (QED) is 0.365. The molecule has 2 aliphatic carbocycles. The minimum atomic E-state index is -2.25. The van der Waals surface area contributed by atoms with Crippen LogP contribution in [0.3, 0.4) is 0 Å². The van der Waals surface area contributed by atoms with E-state index in [2.05, 4.69) is 11.9 Å². The van der Waals surface area contributed by atoms with Crippen molar-refractivity contribution >= 4 is 11.9 Å². The Morgan fingerprint density at radius 2 is 1.82 bits per heavy atom. The van der Waals surface area contributed by atoms with Crippen LogP contribution in [0, 0.1) is 16.7 Å². The van der Waals surface area contributed by atoms with Gasteiger partial charge in [-0.3, -0.25) is 4.79 Å². The molecule has 4 rings (SSSR count). The third-order valence-corrected chi connectivity index (χ3v) is 9.60. The Balaban J connectivity index is 1.69. The van der Waals surface area contributed by atoms with Crippen LogP contribution in [0.1, 0.15) is 59.4 Å². The van der Waals surface area contributed by atoms with Crippen LogP contribution in [0.2, 0.25) is 0 Å². The molecule has 1 aliphatic heterocycles. The van der Waals surface area contributed by atoms with Crippen LogP contribution >= 0.6 is 0 Å². The van der Waals surface area contributed by atoms with Crippen LogP contribution in [0.4, 0.5) is 4.79 Å². The molecule has 38 heavy (non-hydrogen) atoms. The second-order valence-corrected chi connectivity index (χ2v) is 12.5. The van der Waals surface area contributed by atoms with Crippen molar-refractivity contribution in [2.45, 2.75) is 95.4 Å². The molecule has 210 valence electrons. The van der Waals surface area contributed by atoms with E-state index in [1.165, 1.54) is 13.0 Å². The molecular weight excluding hydrogens is 490 g/mol. The first-order valence-corrected chi connectivity index (χ1v) is 13.2. The summed E-state index contributed by atoms with van der Waals surface area (Å²) in [5.74, 6) is -1.17. The molecule has 0 unspecified atom stereocenters. The number of carbonyl (C=O) groups is 2. The summed E-state index contributed by atoms with van der Waals surface area (Å²) in [5.41, 5.74) is -6.52. The fourth-order valence-electron chi connectivity index (χ4n) is 7.54. The normalized spacial score (nSPS) is 41.9. The molecule has 8 atom stereocenters. The van der Waals surface area contributed by atoms with Crippen molar-refractivity contribution in [3.8, 4) is 5.75 Å². The van der Waals surface area contributed by atoms with Gasteiger partial charge in [-0.25, -0.2) is 4.79 Å². The third kappa shape index (κ3) is 4.06. The fraction of sp³-hybridized carbons (Fsp3) is 0.655. The van der Waals surface area contributed by atoms with Gasteiger partial charge >= 0.3 is 6.09 Å². The molecule has 0 spiro atoms. The zero-order chi connectivity index (χ0) is 28.3. The molecule has 9 heteroatoms. The van der Waals surface area contributed by atoms with Gasteiger partial charge in [-0.05, 0) is 56.2 Å². The lowest BCUT2D eigenvalue weighted by atomic mass is 9.40. The Morgan fingerprint density at radius 1 is 1.18 bits per heavy atom. The lowest BCUT2D eigenvalue weighted by Crippen LogP contribution is -2.86. The molecule has 3 aliphatic rings. The molecule has 1 heterocycles. The summed E-state index contributed by atoms with van der Waals surface area (Å²) in [5, 5.41) is 47.7. The van der Waals surface area contributed by atoms with Crippen molar-refractivity contribution in [1.29, 1.82) is 0 Å². The van der Waals surface area contributed by atoms with Crippen LogP contribution < -0.4 is 5.32 Å². The molecule has 9 nitrogen and oxygen atoms in total. The Bertz CT molecular complexity index is 1100. The van der Waals surface area contributed by atoms with Gasteiger partial charge in [0.2, 0.25) is 0 Å². The monoisotopic (exact) mass is 531 g/mol. The number of aromatic hydroxyl groups is 1. The topological polar surface area (TPSA) is 146 Å². The van der Waals surface area contributed by atoms with Gasteiger partial charge in [-0.1, -0.05) is 39.0 Å². The number of aliphatic hydroxyl groups is 3. The van der Waals surface area contributed by atoms with Crippen molar-refractivity contribution in [1.82, 2.24) is 5.32 Å². The Kier molecular flexibility index (Phi) is 7.01. The first-order valence-electron chi connectivity index (χ1n) is 13.2. The number of hydrogen-bond acceptors (Lipinski definition) is 8. The van der Waals surface area contributed by atoms with Crippen molar-refractivity contribution in [3.05, 3.63) is 42.5 Å². The second kappa shape index (κ2) is 9.33. The zero-order valence-corrected chi connectivity index (χ0v) is 22.9. The van der Waals surface area contributed by atoms with Gasteiger partial charge in [0.1, 0.15) is 23.6 Å². The summed E-state index contributed by atoms with van der Waals surface area (Å²) in [7, 11) is 0. The lowest BCUT2D eigenvalue weighted by Gasteiger charge is -2.71. The van der Waals surface area contributed by atoms with Crippen LogP contribution in [-0.4, -0.2) is 74.0 Å². The van der Waals surface area contributed by atoms with E-state index in [0.717, 1.165) is 5.56 Å². The number of phenols is 1. The minimum Gasteiger partial charge on any atom is -0.508 e. The van der Waals surface area contributed by atoms with Crippen molar-refractivity contribution < 1.29 is 39.5 Å². The SMILES string of the molecule is C=C[C@@]1(C)CC(=O)[C@]2(O)[C@@]3(C)[C@@H](O)CCC(C)(C)[C@@H]3[C@H](OC(=O)NCCc3ccc(O)cc3)[C@H](O)[C@@]2(C)O1. The van der Waals surface area contributed by atoms with Crippen molar-refractivity contribution in [2.24, 2.45) is 16.7 Å². The molecule has 3 fully saturated rings. The summed E-state index contributed by atoms with van der Waals surface area (Å²) >= 11 is 0. The highest BCUT2D eigenvalue weighted by atomic mass is 16.6. The molecule has 0 aromatic heterocycles. The number of benzene rings is 1. The third-order valence-electron chi connectivity index (χ3n) is 9.60.